The Labute approximate surface area is 117 Å². The lowest BCUT2D eigenvalue weighted by Crippen LogP contribution is -2.35. The highest BCUT2D eigenvalue weighted by Crippen LogP contribution is 2.30. The largest absolute Gasteiger partial charge is 0.393 e. The molecule has 0 atom stereocenters. The van der Waals surface area contributed by atoms with Crippen LogP contribution in [-0.2, 0) is 6.42 Å². The third-order valence-electron chi connectivity index (χ3n) is 3.07. The van der Waals surface area contributed by atoms with E-state index in [1.807, 2.05) is 17.0 Å². The molecule has 0 radical (unpaired) electrons. The Morgan fingerprint density at radius 2 is 2.28 bits per heavy atom. The molecule has 0 aromatic carbocycles. The molecule has 1 aromatic rings. The number of carbonyl (C=O) groups excluding carboxylic acids is 1. The fourth-order valence-corrected chi connectivity index (χ4v) is 2.89. The maximum Gasteiger partial charge on any atom is 0.264 e. The summed E-state index contributed by atoms with van der Waals surface area (Å²) in [5, 5.41) is 0. The number of thiophene rings is 1. The number of carbonyl (C=O) groups is 1. The zero-order valence-corrected chi connectivity index (χ0v) is 12.1. The molecule has 0 bridgehead atoms. The predicted octanol–water partition coefficient (Wildman–Crippen LogP) is 2.59. The van der Waals surface area contributed by atoms with Crippen LogP contribution in [0.2, 0.25) is 0 Å². The quantitative estimate of drug-likeness (QED) is 0.816. The number of hydrogen-bond donors (Lipinski definition) is 1. The van der Waals surface area contributed by atoms with Crippen LogP contribution in [0.1, 0.15) is 40.7 Å². The Hall–Kier alpha value is -0.940. The van der Waals surface area contributed by atoms with Crippen LogP contribution >= 0.6 is 23.6 Å². The SMILES string of the molecule is CCc1ccc(C(=O)N(CCC(N)=S)C2CC2)s1. The molecule has 1 aliphatic carbocycles. The molecule has 3 nitrogen and oxygen atoms in total. The molecule has 1 heterocycles. The molecule has 18 heavy (non-hydrogen) atoms. The van der Waals surface area contributed by atoms with Gasteiger partial charge in [-0.3, -0.25) is 4.79 Å². The number of nitrogens with zero attached hydrogens (tertiary/aromatic N) is 1. The number of thiocarbonyl (C=S) groups is 1. The molecule has 2 rings (SSSR count). The van der Waals surface area contributed by atoms with Gasteiger partial charge in [0.2, 0.25) is 0 Å². The number of hydrogen-bond acceptors (Lipinski definition) is 3. The zero-order valence-electron chi connectivity index (χ0n) is 10.5. The van der Waals surface area contributed by atoms with Gasteiger partial charge in [-0.05, 0) is 31.4 Å². The smallest absolute Gasteiger partial charge is 0.264 e. The lowest BCUT2D eigenvalue weighted by atomic mass is 10.3. The third kappa shape index (κ3) is 3.29. The fourth-order valence-electron chi connectivity index (χ4n) is 1.89. The molecular formula is C13H18N2OS2. The van der Waals surface area contributed by atoms with E-state index in [9.17, 15) is 4.79 Å². The summed E-state index contributed by atoms with van der Waals surface area (Å²) in [7, 11) is 0. The summed E-state index contributed by atoms with van der Waals surface area (Å²) in [5.74, 6) is 0.137. The second kappa shape index (κ2) is 5.80. The average Bonchev–Trinajstić information content (AvgIpc) is 3.06. The van der Waals surface area contributed by atoms with Crippen LogP contribution < -0.4 is 5.73 Å². The normalized spacial score (nSPS) is 14.5. The monoisotopic (exact) mass is 282 g/mol. The summed E-state index contributed by atoms with van der Waals surface area (Å²) >= 11 is 6.48. The molecule has 98 valence electrons. The highest BCUT2D eigenvalue weighted by Gasteiger charge is 2.33. The maximum atomic E-state index is 12.4. The first-order valence-electron chi connectivity index (χ1n) is 6.29. The average molecular weight is 282 g/mol. The lowest BCUT2D eigenvalue weighted by molar-refractivity contribution is 0.0753. The van der Waals surface area contributed by atoms with Gasteiger partial charge in [-0.1, -0.05) is 19.1 Å². The van der Waals surface area contributed by atoms with Crippen molar-refractivity contribution < 1.29 is 4.79 Å². The van der Waals surface area contributed by atoms with Crippen LogP contribution in [0, 0.1) is 0 Å². The molecule has 0 spiro atoms. The number of rotatable bonds is 6. The van der Waals surface area contributed by atoms with Crippen molar-refractivity contribution in [1.29, 1.82) is 0 Å². The van der Waals surface area contributed by atoms with E-state index in [4.69, 9.17) is 18.0 Å². The molecule has 1 amide bonds. The van der Waals surface area contributed by atoms with Crippen LogP contribution in [0.4, 0.5) is 0 Å². The first kappa shape index (κ1) is 13.5. The van der Waals surface area contributed by atoms with Gasteiger partial charge in [0, 0.05) is 23.9 Å². The van der Waals surface area contributed by atoms with E-state index >= 15 is 0 Å². The first-order valence-corrected chi connectivity index (χ1v) is 7.52. The van der Waals surface area contributed by atoms with Crippen molar-refractivity contribution in [2.45, 2.75) is 38.6 Å². The molecule has 5 heteroatoms. The Morgan fingerprint density at radius 3 is 2.78 bits per heavy atom. The Kier molecular flexibility index (Phi) is 4.35. The van der Waals surface area contributed by atoms with Gasteiger partial charge >= 0.3 is 0 Å². The van der Waals surface area contributed by atoms with E-state index in [1.165, 1.54) is 4.88 Å². The van der Waals surface area contributed by atoms with Gasteiger partial charge in [-0.2, -0.15) is 0 Å². The second-order valence-electron chi connectivity index (χ2n) is 4.57. The van der Waals surface area contributed by atoms with Gasteiger partial charge in [-0.15, -0.1) is 11.3 Å². The topological polar surface area (TPSA) is 46.3 Å². The molecule has 0 unspecified atom stereocenters. The minimum Gasteiger partial charge on any atom is -0.393 e. The third-order valence-corrected chi connectivity index (χ3v) is 4.49. The van der Waals surface area contributed by atoms with Crippen LogP contribution in [0.5, 0.6) is 0 Å². The molecule has 1 saturated carbocycles. The van der Waals surface area contributed by atoms with Crippen molar-refractivity contribution >= 4 is 34.5 Å². The Balaban J connectivity index is 2.05. The van der Waals surface area contributed by atoms with Gasteiger partial charge in [0.1, 0.15) is 0 Å². The van der Waals surface area contributed by atoms with Crippen molar-refractivity contribution in [3.8, 4) is 0 Å². The van der Waals surface area contributed by atoms with Gasteiger partial charge < -0.3 is 10.6 Å². The molecular weight excluding hydrogens is 264 g/mol. The van der Waals surface area contributed by atoms with E-state index in [2.05, 4.69) is 6.92 Å². The summed E-state index contributed by atoms with van der Waals surface area (Å²) in [4.78, 5) is 16.9. The zero-order chi connectivity index (χ0) is 13.1. The van der Waals surface area contributed by atoms with E-state index < -0.39 is 0 Å². The fraction of sp³-hybridized carbons (Fsp3) is 0.538. The Bertz CT molecular complexity index is 452. The van der Waals surface area contributed by atoms with Crippen LogP contribution in [0.3, 0.4) is 0 Å². The van der Waals surface area contributed by atoms with Crippen LogP contribution in [0.25, 0.3) is 0 Å². The minimum atomic E-state index is 0.137. The van der Waals surface area contributed by atoms with Crippen LogP contribution in [-0.4, -0.2) is 28.4 Å². The standard InChI is InChI=1S/C13H18N2OS2/c1-2-10-5-6-11(18-10)13(16)15(9-3-4-9)8-7-12(14)17/h5-6,9H,2-4,7-8H2,1H3,(H2,14,17). The molecule has 0 aliphatic heterocycles. The Morgan fingerprint density at radius 1 is 1.56 bits per heavy atom. The molecule has 1 fully saturated rings. The summed E-state index contributed by atoms with van der Waals surface area (Å²) in [6, 6.07) is 4.37. The summed E-state index contributed by atoms with van der Waals surface area (Å²) in [6.07, 6.45) is 3.81. The molecule has 1 aliphatic rings. The number of aryl methyl sites for hydroxylation is 1. The van der Waals surface area contributed by atoms with Gasteiger partial charge in [0.25, 0.3) is 5.91 Å². The summed E-state index contributed by atoms with van der Waals surface area (Å²) < 4.78 is 0. The van der Waals surface area contributed by atoms with Crippen molar-refractivity contribution in [3.63, 3.8) is 0 Å². The van der Waals surface area contributed by atoms with Gasteiger partial charge in [0.05, 0.1) is 9.87 Å². The first-order chi connectivity index (χ1) is 8.61. The van der Waals surface area contributed by atoms with E-state index in [1.54, 1.807) is 11.3 Å². The molecule has 2 N–H and O–H groups in total. The maximum absolute atomic E-state index is 12.4. The minimum absolute atomic E-state index is 0.137. The highest BCUT2D eigenvalue weighted by atomic mass is 32.1. The molecule has 0 saturated heterocycles. The van der Waals surface area contributed by atoms with Crippen molar-refractivity contribution in [2.75, 3.05) is 6.54 Å². The highest BCUT2D eigenvalue weighted by molar-refractivity contribution is 7.80. The van der Waals surface area contributed by atoms with E-state index in [-0.39, 0.29) is 5.91 Å². The summed E-state index contributed by atoms with van der Waals surface area (Å²) in [5.41, 5.74) is 5.52. The number of amides is 1. The van der Waals surface area contributed by atoms with Crippen molar-refractivity contribution in [2.24, 2.45) is 5.73 Å². The van der Waals surface area contributed by atoms with Gasteiger partial charge in [0.15, 0.2) is 0 Å². The van der Waals surface area contributed by atoms with Crippen LogP contribution in [0.15, 0.2) is 12.1 Å². The van der Waals surface area contributed by atoms with Crippen molar-refractivity contribution in [3.05, 3.63) is 21.9 Å². The van der Waals surface area contributed by atoms with E-state index in [0.29, 0.717) is 24.0 Å². The summed E-state index contributed by atoms with van der Waals surface area (Å²) in [6.45, 7) is 2.75. The second-order valence-corrected chi connectivity index (χ2v) is 6.26. The predicted molar refractivity (Wildman–Crippen MR) is 79.2 cm³/mol. The molecule has 1 aromatic heterocycles. The number of nitrogens with two attached hydrogens (primary N) is 1. The lowest BCUT2D eigenvalue weighted by Gasteiger charge is -2.21. The van der Waals surface area contributed by atoms with Crippen molar-refractivity contribution in [1.82, 2.24) is 4.90 Å². The van der Waals surface area contributed by atoms with Gasteiger partial charge in [-0.25, -0.2) is 0 Å². The van der Waals surface area contributed by atoms with E-state index in [0.717, 1.165) is 24.1 Å².